The van der Waals surface area contributed by atoms with Crippen LogP contribution in [0.2, 0.25) is 0 Å². The van der Waals surface area contributed by atoms with Crippen LogP contribution in [0.5, 0.6) is 0 Å². The van der Waals surface area contributed by atoms with Gasteiger partial charge in [-0.2, -0.15) is 0 Å². The van der Waals surface area contributed by atoms with E-state index in [1.165, 1.54) is 12.8 Å². The first kappa shape index (κ1) is 9.12. The zero-order chi connectivity index (χ0) is 8.10. The lowest BCUT2D eigenvalue weighted by Gasteiger charge is -2.12. The van der Waals surface area contributed by atoms with Crippen molar-refractivity contribution in [1.82, 2.24) is 9.62 Å². The van der Waals surface area contributed by atoms with Crippen molar-refractivity contribution in [1.29, 1.82) is 0 Å². The lowest BCUT2D eigenvalue weighted by molar-refractivity contribution is 0.343. The highest BCUT2D eigenvalue weighted by Crippen LogP contribution is 2.05. The van der Waals surface area contributed by atoms with Gasteiger partial charge >= 0.3 is 0 Å². The largest absolute Gasteiger partial charge is 0.302 e. The fourth-order valence-corrected chi connectivity index (χ4v) is 1.56. The summed E-state index contributed by atoms with van der Waals surface area (Å²) in [6.45, 7) is 3.76. The Labute approximate surface area is 69.4 Å². The summed E-state index contributed by atoms with van der Waals surface area (Å²) < 4.78 is 21.0. The van der Waals surface area contributed by atoms with Gasteiger partial charge in [0.05, 0.1) is 0 Å². The van der Waals surface area contributed by atoms with E-state index in [1.807, 2.05) is 0 Å². The Kier molecular flexibility index (Phi) is 3.99. The summed E-state index contributed by atoms with van der Waals surface area (Å²) in [5.41, 5.74) is 0. The number of nitrogens with one attached hydrogen (secondary N) is 1. The van der Waals surface area contributed by atoms with Gasteiger partial charge in [-0.1, -0.05) is 0 Å². The molecule has 66 valence electrons. The predicted molar refractivity (Wildman–Crippen MR) is 44.4 cm³/mol. The molecule has 2 N–H and O–H groups in total. The first-order valence-corrected chi connectivity index (χ1v) is 4.96. The standard InChI is InChI=1S/C6H14N2O2S/c9-11(10)7-3-6-8-4-1-2-5-8/h7H,1-6H2,(H,9,10). The number of rotatable bonds is 4. The summed E-state index contributed by atoms with van der Waals surface area (Å²) in [5.74, 6) is 0. The van der Waals surface area contributed by atoms with Gasteiger partial charge in [0.2, 0.25) is 11.3 Å². The van der Waals surface area contributed by atoms with Crippen molar-refractivity contribution in [2.24, 2.45) is 0 Å². The van der Waals surface area contributed by atoms with Gasteiger partial charge in [0.15, 0.2) is 0 Å². The average Bonchev–Trinajstić information content (AvgIpc) is 2.39. The minimum absolute atomic E-state index is 0.600. The third kappa shape index (κ3) is 3.81. The minimum Gasteiger partial charge on any atom is -0.302 e. The van der Waals surface area contributed by atoms with Crippen LogP contribution in [-0.4, -0.2) is 39.8 Å². The molecule has 1 aliphatic rings. The second-order valence-corrected chi connectivity index (χ2v) is 3.48. The minimum atomic E-state index is -1.84. The molecule has 0 radical (unpaired) electrons. The van der Waals surface area contributed by atoms with E-state index >= 15 is 0 Å². The quantitative estimate of drug-likeness (QED) is 0.587. The maximum absolute atomic E-state index is 10.2. The van der Waals surface area contributed by atoms with Crippen LogP contribution < -0.4 is 4.72 Å². The Balaban J connectivity index is 1.98. The van der Waals surface area contributed by atoms with Gasteiger partial charge < -0.3 is 4.90 Å². The molecule has 5 heteroatoms. The fourth-order valence-electron chi connectivity index (χ4n) is 1.30. The molecule has 1 rings (SSSR count). The van der Waals surface area contributed by atoms with E-state index in [-0.39, 0.29) is 0 Å². The van der Waals surface area contributed by atoms with Crippen LogP contribution >= 0.6 is 0 Å². The fraction of sp³-hybridized carbons (Fsp3) is 1.00. The van der Waals surface area contributed by atoms with Gasteiger partial charge in [-0.05, 0) is 25.9 Å². The van der Waals surface area contributed by atoms with Gasteiger partial charge in [-0.25, -0.2) is 8.93 Å². The number of nitrogens with zero attached hydrogens (tertiary/aromatic N) is 1. The van der Waals surface area contributed by atoms with Gasteiger partial charge in [0, 0.05) is 13.1 Å². The van der Waals surface area contributed by atoms with Crippen molar-refractivity contribution in [3.8, 4) is 0 Å². The summed E-state index contributed by atoms with van der Waals surface area (Å²) >= 11 is -1.84. The monoisotopic (exact) mass is 178 g/mol. The van der Waals surface area contributed by atoms with Gasteiger partial charge in [-0.15, -0.1) is 0 Å². The molecule has 1 fully saturated rings. The molecule has 0 spiro atoms. The van der Waals surface area contributed by atoms with Crippen molar-refractivity contribution in [2.45, 2.75) is 12.8 Å². The number of hydrogen-bond donors (Lipinski definition) is 2. The van der Waals surface area contributed by atoms with Crippen LogP contribution in [0.25, 0.3) is 0 Å². The number of hydrogen-bond acceptors (Lipinski definition) is 2. The summed E-state index contributed by atoms with van der Waals surface area (Å²) in [4.78, 5) is 2.29. The molecule has 0 aromatic rings. The molecule has 0 aliphatic carbocycles. The second kappa shape index (κ2) is 4.82. The third-order valence-electron chi connectivity index (χ3n) is 1.85. The third-order valence-corrected chi connectivity index (χ3v) is 2.30. The lowest BCUT2D eigenvalue weighted by Crippen LogP contribution is -2.30. The summed E-state index contributed by atoms with van der Waals surface area (Å²) in [6.07, 6.45) is 2.53. The van der Waals surface area contributed by atoms with Crippen LogP contribution in [0.4, 0.5) is 0 Å². The van der Waals surface area contributed by atoms with Crippen LogP contribution in [0, 0.1) is 0 Å². The maximum atomic E-state index is 10.2. The molecule has 11 heavy (non-hydrogen) atoms. The maximum Gasteiger partial charge on any atom is 0.231 e. The molecule has 0 aromatic heterocycles. The second-order valence-electron chi connectivity index (χ2n) is 2.69. The number of likely N-dealkylation sites (tertiary alicyclic amines) is 1. The highest BCUT2D eigenvalue weighted by Gasteiger charge is 2.10. The smallest absolute Gasteiger partial charge is 0.231 e. The normalized spacial score (nSPS) is 22.3. The van der Waals surface area contributed by atoms with E-state index < -0.39 is 11.3 Å². The zero-order valence-electron chi connectivity index (χ0n) is 6.45. The predicted octanol–water partition coefficient (Wildman–Crippen LogP) is -0.192. The molecule has 0 aromatic carbocycles. The molecule has 1 unspecified atom stereocenters. The van der Waals surface area contributed by atoms with Crippen LogP contribution in [-0.2, 0) is 11.3 Å². The van der Waals surface area contributed by atoms with E-state index in [1.54, 1.807) is 0 Å². The zero-order valence-corrected chi connectivity index (χ0v) is 7.27. The topological polar surface area (TPSA) is 52.6 Å². The molecule has 0 saturated carbocycles. The van der Waals surface area contributed by atoms with E-state index in [0.29, 0.717) is 6.54 Å². The van der Waals surface area contributed by atoms with Crippen molar-refractivity contribution in [3.05, 3.63) is 0 Å². The van der Waals surface area contributed by atoms with Crippen molar-refractivity contribution in [3.63, 3.8) is 0 Å². The SMILES string of the molecule is O=S(O)NCCN1CCCC1. The summed E-state index contributed by atoms with van der Waals surface area (Å²) in [6, 6.07) is 0. The highest BCUT2D eigenvalue weighted by atomic mass is 32.2. The summed E-state index contributed by atoms with van der Waals surface area (Å²) in [5, 5.41) is 0. The Hall–Kier alpha value is 0.0300. The van der Waals surface area contributed by atoms with Crippen molar-refractivity contribution in [2.75, 3.05) is 26.2 Å². The van der Waals surface area contributed by atoms with Crippen LogP contribution in [0.3, 0.4) is 0 Å². The van der Waals surface area contributed by atoms with E-state index in [2.05, 4.69) is 9.62 Å². The molecule has 1 heterocycles. The van der Waals surface area contributed by atoms with Crippen LogP contribution in [0.1, 0.15) is 12.8 Å². The molecule has 0 bridgehead atoms. The Bertz CT molecular complexity index is 137. The first-order valence-electron chi connectivity index (χ1n) is 3.86. The van der Waals surface area contributed by atoms with Crippen molar-refractivity contribution < 1.29 is 8.76 Å². The van der Waals surface area contributed by atoms with Gasteiger partial charge in [0.25, 0.3) is 0 Å². The van der Waals surface area contributed by atoms with Gasteiger partial charge in [0.1, 0.15) is 0 Å². The Morgan fingerprint density at radius 3 is 2.64 bits per heavy atom. The molecule has 1 saturated heterocycles. The van der Waals surface area contributed by atoms with E-state index in [0.717, 1.165) is 19.6 Å². The Morgan fingerprint density at radius 1 is 1.45 bits per heavy atom. The molecule has 4 nitrogen and oxygen atoms in total. The first-order chi connectivity index (χ1) is 5.29. The van der Waals surface area contributed by atoms with E-state index in [9.17, 15) is 4.21 Å². The van der Waals surface area contributed by atoms with E-state index in [4.69, 9.17) is 4.55 Å². The highest BCUT2D eigenvalue weighted by molar-refractivity contribution is 7.77. The molecule has 1 aliphatic heterocycles. The van der Waals surface area contributed by atoms with Gasteiger partial charge in [-0.3, -0.25) is 4.55 Å². The molecular formula is C6H14N2O2S. The average molecular weight is 178 g/mol. The molecular weight excluding hydrogens is 164 g/mol. The van der Waals surface area contributed by atoms with Crippen LogP contribution in [0.15, 0.2) is 0 Å². The molecule has 0 amide bonds. The van der Waals surface area contributed by atoms with Crippen molar-refractivity contribution >= 4 is 11.3 Å². The Morgan fingerprint density at radius 2 is 2.09 bits per heavy atom. The lowest BCUT2D eigenvalue weighted by atomic mass is 10.4. The summed E-state index contributed by atoms with van der Waals surface area (Å²) in [7, 11) is 0. The molecule has 1 atom stereocenters.